The quantitative estimate of drug-likeness (QED) is 0.848. The minimum atomic E-state index is -3.75. The van der Waals surface area contributed by atoms with Gasteiger partial charge in [0, 0.05) is 31.9 Å². The number of halogens is 1. The summed E-state index contributed by atoms with van der Waals surface area (Å²) in [7, 11) is -2.48. The van der Waals surface area contributed by atoms with Crippen molar-refractivity contribution in [3.8, 4) is 0 Å². The number of nitrogens with zero attached hydrogens (tertiary/aromatic N) is 2. The topological polar surface area (TPSA) is 69.7 Å². The van der Waals surface area contributed by atoms with Crippen molar-refractivity contribution in [2.45, 2.75) is 18.7 Å². The largest absolute Gasteiger partial charge is 0.368 e. The summed E-state index contributed by atoms with van der Waals surface area (Å²) in [6.45, 7) is 6.28. The van der Waals surface area contributed by atoms with Crippen molar-refractivity contribution in [3.63, 3.8) is 0 Å². The first-order chi connectivity index (χ1) is 13.2. The Morgan fingerprint density at radius 1 is 1.07 bits per heavy atom. The van der Waals surface area contributed by atoms with Crippen LogP contribution >= 0.6 is 0 Å². The Kier molecular flexibility index (Phi) is 5.71. The summed E-state index contributed by atoms with van der Waals surface area (Å²) in [4.78, 5) is 16.5. The lowest BCUT2D eigenvalue weighted by atomic mass is 10.1. The van der Waals surface area contributed by atoms with E-state index < -0.39 is 21.7 Å². The number of hydrogen-bond donors (Lipinski definition) is 1. The Morgan fingerprint density at radius 3 is 2.39 bits per heavy atom. The molecule has 8 heteroatoms. The van der Waals surface area contributed by atoms with E-state index in [9.17, 15) is 17.6 Å². The zero-order valence-electron chi connectivity index (χ0n) is 16.2. The van der Waals surface area contributed by atoms with E-state index in [-0.39, 0.29) is 10.5 Å². The summed E-state index contributed by atoms with van der Waals surface area (Å²) in [5, 5.41) is 0. The number of carbonyl (C=O) groups is 1. The summed E-state index contributed by atoms with van der Waals surface area (Å²) in [5.74, 6) is -1.22. The highest BCUT2D eigenvalue weighted by molar-refractivity contribution is 7.89. The number of rotatable bonds is 4. The standard InChI is InChI=1S/C20H24FN3O3S/c1-14-5-4-6-19(15(14)2)23-9-11-24(12-10-23)20(25)17-13-16(7-8-18(17)21)28(26,27)22-3/h4-8,13,22H,9-12H2,1-3H3. The number of nitrogens with one attached hydrogen (secondary N) is 1. The Morgan fingerprint density at radius 2 is 1.75 bits per heavy atom. The Hall–Kier alpha value is -2.45. The highest BCUT2D eigenvalue weighted by atomic mass is 32.2. The molecule has 0 spiro atoms. The highest BCUT2D eigenvalue weighted by Gasteiger charge is 2.26. The van der Waals surface area contributed by atoms with Gasteiger partial charge in [0.25, 0.3) is 5.91 Å². The van der Waals surface area contributed by atoms with Crippen LogP contribution in [0.15, 0.2) is 41.3 Å². The Balaban J connectivity index is 1.77. The van der Waals surface area contributed by atoms with Gasteiger partial charge in [-0.25, -0.2) is 17.5 Å². The predicted octanol–water partition coefficient (Wildman–Crippen LogP) is 2.31. The predicted molar refractivity (Wildman–Crippen MR) is 107 cm³/mol. The van der Waals surface area contributed by atoms with E-state index in [1.807, 2.05) is 6.07 Å². The number of sulfonamides is 1. The average Bonchev–Trinajstić information content (AvgIpc) is 2.70. The van der Waals surface area contributed by atoms with Crippen LogP contribution in [0.25, 0.3) is 0 Å². The lowest BCUT2D eigenvalue weighted by molar-refractivity contribution is 0.0741. The SMILES string of the molecule is CNS(=O)(=O)c1ccc(F)c(C(=O)N2CCN(c3cccc(C)c3C)CC2)c1. The van der Waals surface area contributed by atoms with Crippen LogP contribution in [-0.4, -0.2) is 52.5 Å². The van der Waals surface area contributed by atoms with Crippen LogP contribution in [0, 0.1) is 19.7 Å². The summed E-state index contributed by atoms with van der Waals surface area (Å²) in [5.41, 5.74) is 3.33. The number of piperazine rings is 1. The smallest absolute Gasteiger partial charge is 0.256 e. The zero-order valence-corrected chi connectivity index (χ0v) is 17.0. The summed E-state index contributed by atoms with van der Waals surface area (Å²) >= 11 is 0. The Labute approximate surface area is 165 Å². The van der Waals surface area contributed by atoms with Crippen LogP contribution in [-0.2, 0) is 10.0 Å². The van der Waals surface area contributed by atoms with Crippen molar-refractivity contribution in [3.05, 3.63) is 58.9 Å². The molecule has 2 aromatic carbocycles. The van der Waals surface area contributed by atoms with Gasteiger partial charge in [-0.2, -0.15) is 0 Å². The maximum atomic E-state index is 14.2. The van der Waals surface area contributed by atoms with E-state index in [1.165, 1.54) is 18.2 Å². The molecule has 1 N–H and O–H groups in total. The third-order valence-corrected chi connectivity index (χ3v) is 6.64. The second kappa shape index (κ2) is 7.89. The van der Waals surface area contributed by atoms with E-state index >= 15 is 0 Å². The summed E-state index contributed by atoms with van der Waals surface area (Å²) in [6.07, 6.45) is 0. The van der Waals surface area contributed by atoms with E-state index in [2.05, 4.69) is 35.6 Å². The molecule has 1 heterocycles. The first-order valence-corrected chi connectivity index (χ1v) is 10.6. The molecule has 1 saturated heterocycles. The van der Waals surface area contributed by atoms with Crippen LogP contribution in [0.1, 0.15) is 21.5 Å². The van der Waals surface area contributed by atoms with E-state index in [1.54, 1.807) is 4.90 Å². The second-order valence-electron chi connectivity index (χ2n) is 6.85. The lowest BCUT2D eigenvalue weighted by Gasteiger charge is -2.37. The summed E-state index contributed by atoms with van der Waals surface area (Å²) in [6, 6.07) is 9.40. The van der Waals surface area contributed by atoms with Gasteiger partial charge in [-0.1, -0.05) is 12.1 Å². The first-order valence-electron chi connectivity index (χ1n) is 9.08. The number of aryl methyl sites for hydroxylation is 1. The van der Waals surface area contributed by atoms with Gasteiger partial charge in [0.2, 0.25) is 10.0 Å². The van der Waals surface area contributed by atoms with Crippen LogP contribution in [0.3, 0.4) is 0 Å². The van der Waals surface area contributed by atoms with Crippen LogP contribution < -0.4 is 9.62 Å². The molecule has 0 saturated carbocycles. The van der Waals surface area contributed by atoms with Gasteiger partial charge in [-0.05, 0) is 56.3 Å². The molecular formula is C20H24FN3O3S. The minimum Gasteiger partial charge on any atom is -0.368 e. The fourth-order valence-electron chi connectivity index (χ4n) is 3.35. The maximum absolute atomic E-state index is 14.2. The van der Waals surface area contributed by atoms with Crippen LogP contribution in [0.2, 0.25) is 0 Å². The van der Waals surface area contributed by atoms with Crippen molar-refractivity contribution < 1.29 is 17.6 Å². The average molecular weight is 405 g/mol. The molecule has 0 aromatic heterocycles. The van der Waals surface area contributed by atoms with E-state index in [0.29, 0.717) is 26.2 Å². The van der Waals surface area contributed by atoms with Crippen molar-refractivity contribution >= 4 is 21.6 Å². The van der Waals surface area contributed by atoms with Gasteiger partial charge in [-0.3, -0.25) is 4.79 Å². The molecule has 6 nitrogen and oxygen atoms in total. The molecule has 0 aliphatic carbocycles. The van der Waals surface area contributed by atoms with Crippen molar-refractivity contribution in [2.24, 2.45) is 0 Å². The van der Waals surface area contributed by atoms with Crippen LogP contribution in [0.5, 0.6) is 0 Å². The molecule has 150 valence electrons. The fourth-order valence-corrected chi connectivity index (χ4v) is 4.11. The highest BCUT2D eigenvalue weighted by Crippen LogP contribution is 2.25. The maximum Gasteiger partial charge on any atom is 0.256 e. The molecule has 0 bridgehead atoms. The molecule has 0 atom stereocenters. The van der Waals surface area contributed by atoms with Crippen molar-refractivity contribution in [2.75, 3.05) is 38.1 Å². The molecule has 0 radical (unpaired) electrons. The molecule has 0 unspecified atom stereocenters. The molecule has 1 fully saturated rings. The third kappa shape index (κ3) is 3.88. The van der Waals surface area contributed by atoms with E-state index in [0.717, 1.165) is 23.9 Å². The van der Waals surface area contributed by atoms with Crippen molar-refractivity contribution in [1.82, 2.24) is 9.62 Å². The fraction of sp³-hybridized carbons (Fsp3) is 0.350. The van der Waals surface area contributed by atoms with Gasteiger partial charge in [0.05, 0.1) is 10.5 Å². The van der Waals surface area contributed by atoms with Gasteiger partial charge >= 0.3 is 0 Å². The third-order valence-electron chi connectivity index (χ3n) is 5.23. The molecule has 3 rings (SSSR count). The number of anilines is 1. The monoisotopic (exact) mass is 405 g/mol. The molecule has 2 aromatic rings. The van der Waals surface area contributed by atoms with Gasteiger partial charge in [0.15, 0.2) is 0 Å². The Bertz CT molecular complexity index is 1000. The lowest BCUT2D eigenvalue weighted by Crippen LogP contribution is -2.49. The minimum absolute atomic E-state index is 0.131. The molecule has 1 amide bonds. The molecule has 28 heavy (non-hydrogen) atoms. The second-order valence-corrected chi connectivity index (χ2v) is 8.73. The normalized spacial score (nSPS) is 15.0. The van der Waals surface area contributed by atoms with E-state index in [4.69, 9.17) is 0 Å². The molecular weight excluding hydrogens is 381 g/mol. The zero-order chi connectivity index (χ0) is 20.5. The van der Waals surface area contributed by atoms with Crippen molar-refractivity contribution in [1.29, 1.82) is 0 Å². The number of carbonyl (C=O) groups excluding carboxylic acids is 1. The van der Waals surface area contributed by atoms with Crippen LogP contribution in [0.4, 0.5) is 10.1 Å². The molecule has 1 aliphatic rings. The number of hydrogen-bond acceptors (Lipinski definition) is 4. The van der Waals surface area contributed by atoms with Gasteiger partial charge in [-0.15, -0.1) is 0 Å². The first kappa shape index (κ1) is 20.3. The summed E-state index contributed by atoms with van der Waals surface area (Å²) < 4.78 is 40.3. The number of benzene rings is 2. The molecule has 1 aliphatic heterocycles. The number of amides is 1. The van der Waals surface area contributed by atoms with Gasteiger partial charge in [0.1, 0.15) is 5.82 Å². The van der Waals surface area contributed by atoms with Gasteiger partial charge < -0.3 is 9.80 Å².